The number of nitrogens with one attached hydrogen (secondary N) is 1. The molecule has 5 rings (SSSR count). The van der Waals surface area contributed by atoms with Gasteiger partial charge >= 0.3 is 0 Å². The number of hydrogen-bond donors (Lipinski definition) is 1. The summed E-state index contributed by atoms with van der Waals surface area (Å²) in [5.74, 6) is 0.307. The van der Waals surface area contributed by atoms with Crippen LogP contribution in [0.4, 0.5) is 0 Å². The molecule has 2 aromatic carbocycles. The van der Waals surface area contributed by atoms with E-state index >= 15 is 0 Å². The molecule has 2 bridgehead atoms. The lowest BCUT2D eigenvalue weighted by Gasteiger charge is -2.46. The summed E-state index contributed by atoms with van der Waals surface area (Å²) in [6.07, 6.45) is 1.74. The summed E-state index contributed by atoms with van der Waals surface area (Å²) < 4.78 is 11.6. The predicted molar refractivity (Wildman–Crippen MR) is 111 cm³/mol. The Kier molecular flexibility index (Phi) is 4.78. The third-order valence-corrected chi connectivity index (χ3v) is 6.16. The first-order chi connectivity index (χ1) is 14.1. The molecule has 29 heavy (non-hydrogen) atoms. The molecule has 1 amide bonds. The van der Waals surface area contributed by atoms with E-state index in [4.69, 9.17) is 20.8 Å². The number of piperidine rings is 1. The molecule has 3 heterocycles. The quantitative estimate of drug-likeness (QED) is 0.711. The van der Waals surface area contributed by atoms with Gasteiger partial charge in [-0.15, -0.1) is 0 Å². The van der Waals surface area contributed by atoms with Crippen molar-refractivity contribution in [1.29, 1.82) is 0 Å². The van der Waals surface area contributed by atoms with Crippen molar-refractivity contribution in [3.8, 4) is 11.5 Å². The second-order valence-corrected chi connectivity index (χ2v) is 8.27. The van der Waals surface area contributed by atoms with Gasteiger partial charge < -0.3 is 14.5 Å². The van der Waals surface area contributed by atoms with Crippen LogP contribution in [0.25, 0.3) is 22.6 Å². The van der Waals surface area contributed by atoms with E-state index in [0.29, 0.717) is 52.9 Å². The summed E-state index contributed by atoms with van der Waals surface area (Å²) in [7, 11) is 2.14. The van der Waals surface area contributed by atoms with Crippen molar-refractivity contribution in [3.63, 3.8) is 0 Å². The largest absolute Gasteiger partial charge is 0.436 e. The highest BCUT2D eigenvalue weighted by Crippen LogP contribution is 2.30. The molecular weight excluding hydrogens is 390 g/mol. The highest BCUT2D eigenvalue weighted by atomic mass is 35.5. The number of benzene rings is 2. The summed E-state index contributed by atoms with van der Waals surface area (Å²) in [5.41, 5.74) is 2.34. The van der Waals surface area contributed by atoms with Gasteiger partial charge in [-0.1, -0.05) is 29.8 Å². The van der Waals surface area contributed by atoms with E-state index < -0.39 is 0 Å². The minimum Gasteiger partial charge on any atom is -0.436 e. The van der Waals surface area contributed by atoms with Gasteiger partial charge in [-0.3, -0.25) is 9.69 Å². The molecule has 7 heteroatoms. The number of hydrogen-bond acceptors (Lipinski definition) is 5. The van der Waals surface area contributed by atoms with E-state index in [1.165, 1.54) is 0 Å². The van der Waals surface area contributed by atoms with Gasteiger partial charge in [0.2, 0.25) is 5.89 Å². The number of fused-ring (bicyclic) bond motifs is 3. The zero-order chi connectivity index (χ0) is 20.0. The first-order valence-electron chi connectivity index (χ1n) is 9.84. The van der Waals surface area contributed by atoms with Crippen LogP contribution in [0, 0.1) is 0 Å². The fraction of sp³-hybridized carbons (Fsp3) is 0.364. The third kappa shape index (κ3) is 3.52. The van der Waals surface area contributed by atoms with E-state index in [9.17, 15) is 4.79 Å². The number of morpholine rings is 1. The van der Waals surface area contributed by atoms with Gasteiger partial charge in [0.1, 0.15) is 5.52 Å². The van der Waals surface area contributed by atoms with Crippen molar-refractivity contribution in [1.82, 2.24) is 15.2 Å². The Labute approximate surface area is 173 Å². The van der Waals surface area contributed by atoms with Crippen molar-refractivity contribution in [3.05, 3.63) is 53.1 Å². The number of oxazole rings is 1. The van der Waals surface area contributed by atoms with Crippen molar-refractivity contribution < 1.29 is 13.9 Å². The van der Waals surface area contributed by atoms with E-state index in [1.807, 2.05) is 30.3 Å². The van der Waals surface area contributed by atoms with E-state index in [0.717, 1.165) is 18.4 Å². The smallest absolute Gasteiger partial charge is 0.253 e. The Hall–Kier alpha value is -2.41. The van der Waals surface area contributed by atoms with Crippen molar-refractivity contribution in [2.75, 3.05) is 20.3 Å². The summed E-state index contributed by atoms with van der Waals surface area (Å²) in [4.78, 5) is 20.1. The Morgan fingerprint density at radius 3 is 2.62 bits per heavy atom. The van der Waals surface area contributed by atoms with Crippen LogP contribution in [0.1, 0.15) is 23.2 Å². The molecule has 2 saturated heterocycles. The number of aromatic nitrogens is 1. The molecule has 1 aromatic heterocycles. The number of ether oxygens (including phenoxy) is 1. The lowest BCUT2D eigenvalue weighted by Crippen LogP contribution is -2.59. The first kappa shape index (κ1) is 18.6. The van der Waals surface area contributed by atoms with Gasteiger partial charge in [0.05, 0.1) is 18.8 Å². The van der Waals surface area contributed by atoms with Gasteiger partial charge in [0, 0.05) is 34.8 Å². The number of carbonyl (C=O) groups is 1. The highest BCUT2D eigenvalue weighted by Gasteiger charge is 2.37. The standard InChI is InChI=1S/C22H22ClN3O3/c1-26-16-9-15(10-17(26)12-28-11-16)24-21(27)18-7-14(23)8-19-20(18)25-22(29-19)13-5-3-2-4-6-13/h2-8,15-17H,9-12H2,1H3,(H,24,27). The molecule has 2 aliphatic rings. The second-order valence-electron chi connectivity index (χ2n) is 7.84. The van der Waals surface area contributed by atoms with Gasteiger partial charge in [-0.2, -0.15) is 0 Å². The van der Waals surface area contributed by atoms with E-state index in [-0.39, 0.29) is 11.9 Å². The Bertz CT molecular complexity index is 1040. The summed E-state index contributed by atoms with van der Waals surface area (Å²) in [5, 5.41) is 3.64. The lowest BCUT2D eigenvalue weighted by molar-refractivity contribution is -0.0670. The Morgan fingerprint density at radius 1 is 1.17 bits per heavy atom. The molecular formula is C22H22ClN3O3. The summed E-state index contributed by atoms with van der Waals surface area (Å²) in [6.45, 7) is 1.43. The maximum Gasteiger partial charge on any atom is 0.253 e. The fourth-order valence-corrected chi connectivity index (χ4v) is 4.56. The maximum atomic E-state index is 13.1. The van der Waals surface area contributed by atoms with Crippen LogP contribution in [0.5, 0.6) is 0 Å². The molecule has 0 radical (unpaired) electrons. The third-order valence-electron chi connectivity index (χ3n) is 5.95. The minimum atomic E-state index is -0.168. The highest BCUT2D eigenvalue weighted by molar-refractivity contribution is 6.32. The molecule has 0 aliphatic carbocycles. The number of rotatable bonds is 3. The Morgan fingerprint density at radius 2 is 1.90 bits per heavy atom. The van der Waals surface area contributed by atoms with Crippen LogP contribution >= 0.6 is 11.6 Å². The van der Waals surface area contributed by atoms with Crippen LogP contribution in [0.15, 0.2) is 46.9 Å². The Balaban J connectivity index is 1.43. The molecule has 2 atom stereocenters. The molecule has 3 aromatic rings. The number of likely N-dealkylation sites (N-methyl/N-ethyl adjacent to an activating group) is 1. The van der Waals surface area contributed by atoms with Crippen molar-refractivity contribution in [2.24, 2.45) is 0 Å². The lowest BCUT2D eigenvalue weighted by atomic mass is 9.90. The predicted octanol–water partition coefficient (Wildman–Crippen LogP) is 3.74. The average molecular weight is 412 g/mol. The molecule has 1 N–H and O–H groups in total. The molecule has 2 aliphatic heterocycles. The van der Waals surface area contributed by atoms with Gasteiger partial charge in [-0.25, -0.2) is 4.98 Å². The molecule has 2 fully saturated rings. The van der Waals surface area contributed by atoms with Gasteiger partial charge in [-0.05, 0) is 38.1 Å². The number of nitrogens with zero attached hydrogens (tertiary/aromatic N) is 2. The number of amides is 1. The SMILES string of the molecule is CN1C2COCC1CC(NC(=O)c1cc(Cl)cc3oc(-c4ccccc4)nc13)C2. The van der Waals surface area contributed by atoms with Gasteiger partial charge in [0.25, 0.3) is 5.91 Å². The number of carbonyl (C=O) groups excluding carboxylic acids is 1. The fourth-order valence-electron chi connectivity index (χ4n) is 4.35. The van der Waals surface area contributed by atoms with Crippen LogP contribution in [-0.2, 0) is 4.74 Å². The topological polar surface area (TPSA) is 67.6 Å². The van der Waals surface area contributed by atoms with Gasteiger partial charge in [0.15, 0.2) is 5.58 Å². The second kappa shape index (κ2) is 7.44. The van der Waals surface area contributed by atoms with E-state index in [2.05, 4.69) is 22.2 Å². The number of halogens is 1. The van der Waals surface area contributed by atoms with Crippen LogP contribution in [-0.4, -0.2) is 54.2 Å². The average Bonchev–Trinajstić information content (AvgIpc) is 3.12. The summed E-state index contributed by atoms with van der Waals surface area (Å²) in [6, 6.07) is 13.8. The normalized spacial score (nSPS) is 24.6. The van der Waals surface area contributed by atoms with E-state index in [1.54, 1.807) is 12.1 Å². The van der Waals surface area contributed by atoms with Crippen LogP contribution in [0.3, 0.4) is 0 Å². The zero-order valence-electron chi connectivity index (χ0n) is 16.1. The molecule has 0 spiro atoms. The van der Waals surface area contributed by atoms with Crippen LogP contribution < -0.4 is 5.32 Å². The molecule has 0 saturated carbocycles. The molecule has 6 nitrogen and oxygen atoms in total. The maximum absolute atomic E-state index is 13.1. The molecule has 2 unspecified atom stereocenters. The van der Waals surface area contributed by atoms with Crippen molar-refractivity contribution >= 4 is 28.6 Å². The molecule has 150 valence electrons. The monoisotopic (exact) mass is 411 g/mol. The van der Waals surface area contributed by atoms with Crippen molar-refractivity contribution in [2.45, 2.75) is 31.0 Å². The summed E-state index contributed by atoms with van der Waals surface area (Å²) >= 11 is 6.27. The van der Waals surface area contributed by atoms with Crippen LogP contribution in [0.2, 0.25) is 5.02 Å². The minimum absolute atomic E-state index is 0.104. The zero-order valence-corrected chi connectivity index (χ0v) is 16.9. The first-order valence-corrected chi connectivity index (χ1v) is 10.2.